The smallest absolute Gasteiger partial charge is 0.223 e. The van der Waals surface area contributed by atoms with Crippen LogP contribution in [0.4, 0.5) is 0 Å². The summed E-state index contributed by atoms with van der Waals surface area (Å²) in [7, 11) is 0. The van der Waals surface area contributed by atoms with E-state index >= 15 is 0 Å². The van der Waals surface area contributed by atoms with E-state index in [2.05, 4.69) is 26.1 Å². The highest BCUT2D eigenvalue weighted by Gasteiger charge is 2.34. The molecule has 0 saturated heterocycles. The van der Waals surface area contributed by atoms with Crippen molar-refractivity contribution in [3.63, 3.8) is 0 Å². The third-order valence-corrected chi connectivity index (χ3v) is 4.83. The summed E-state index contributed by atoms with van der Waals surface area (Å²) in [5, 5.41) is 3.34. The maximum absolute atomic E-state index is 12.1. The number of nitrogens with one attached hydrogen (secondary N) is 1. The Morgan fingerprint density at radius 1 is 1.18 bits per heavy atom. The van der Waals surface area contributed by atoms with Gasteiger partial charge >= 0.3 is 0 Å². The second-order valence-corrected chi connectivity index (χ2v) is 6.57. The fourth-order valence-electron chi connectivity index (χ4n) is 3.34. The maximum atomic E-state index is 12.1. The molecule has 0 heterocycles. The van der Waals surface area contributed by atoms with Gasteiger partial charge in [-0.1, -0.05) is 33.6 Å². The van der Waals surface area contributed by atoms with Crippen LogP contribution >= 0.6 is 0 Å². The van der Waals surface area contributed by atoms with E-state index in [-0.39, 0.29) is 0 Å². The van der Waals surface area contributed by atoms with Crippen LogP contribution in [0.15, 0.2) is 0 Å². The van der Waals surface area contributed by atoms with E-state index in [0.717, 1.165) is 18.8 Å². The Balaban J connectivity index is 1.92. The van der Waals surface area contributed by atoms with Gasteiger partial charge in [0.1, 0.15) is 0 Å². The van der Waals surface area contributed by atoms with Gasteiger partial charge in [-0.15, -0.1) is 0 Å². The van der Waals surface area contributed by atoms with E-state index in [1.165, 1.54) is 25.7 Å². The van der Waals surface area contributed by atoms with Crippen LogP contribution in [0.5, 0.6) is 0 Å². The van der Waals surface area contributed by atoms with Gasteiger partial charge in [0.25, 0.3) is 0 Å². The molecule has 3 atom stereocenters. The molecule has 1 N–H and O–H groups in total. The molecule has 2 saturated carbocycles. The van der Waals surface area contributed by atoms with Gasteiger partial charge in [-0.05, 0) is 43.4 Å². The van der Waals surface area contributed by atoms with Gasteiger partial charge in [0.2, 0.25) is 5.91 Å². The molecule has 2 aliphatic carbocycles. The standard InChI is InChI=1S/C15H27NO/c1-10(2)13-8-7-11(3)9-14(13)16-15(17)12-5-4-6-12/h10-14H,4-9H2,1-3H3,(H,16,17)/t11-,13+,14-/m0/s1. The molecule has 0 radical (unpaired) electrons. The molecule has 0 aromatic rings. The average Bonchev–Trinajstić information content (AvgIpc) is 2.13. The fourth-order valence-corrected chi connectivity index (χ4v) is 3.34. The van der Waals surface area contributed by atoms with Crippen LogP contribution in [0.2, 0.25) is 0 Å². The maximum Gasteiger partial charge on any atom is 0.223 e. The molecule has 0 bridgehead atoms. The second-order valence-electron chi connectivity index (χ2n) is 6.57. The number of carbonyl (C=O) groups is 1. The first-order chi connectivity index (χ1) is 8.08. The average molecular weight is 237 g/mol. The molecule has 0 aliphatic heterocycles. The van der Waals surface area contributed by atoms with Crippen LogP contribution in [0.1, 0.15) is 59.3 Å². The van der Waals surface area contributed by atoms with Crippen LogP contribution in [0, 0.1) is 23.7 Å². The van der Waals surface area contributed by atoms with Crippen LogP contribution in [0.3, 0.4) is 0 Å². The van der Waals surface area contributed by atoms with Crippen molar-refractivity contribution in [2.24, 2.45) is 23.7 Å². The summed E-state index contributed by atoms with van der Waals surface area (Å²) in [6, 6.07) is 0.437. The molecular weight excluding hydrogens is 210 g/mol. The molecule has 2 nitrogen and oxygen atoms in total. The Morgan fingerprint density at radius 2 is 1.88 bits per heavy atom. The predicted octanol–water partition coefficient (Wildman–Crippen LogP) is 3.36. The molecule has 98 valence electrons. The lowest BCUT2D eigenvalue weighted by Crippen LogP contribution is -2.48. The molecule has 2 heteroatoms. The molecule has 2 fully saturated rings. The van der Waals surface area contributed by atoms with Crippen LogP contribution < -0.4 is 5.32 Å². The zero-order valence-electron chi connectivity index (χ0n) is 11.5. The molecule has 0 aromatic carbocycles. The minimum atomic E-state index is 0.333. The molecular formula is C15H27NO. The summed E-state index contributed by atoms with van der Waals surface area (Å²) < 4.78 is 0. The third kappa shape index (κ3) is 3.02. The van der Waals surface area contributed by atoms with Crippen LogP contribution in [0.25, 0.3) is 0 Å². The van der Waals surface area contributed by atoms with Gasteiger partial charge in [0.05, 0.1) is 0 Å². The Kier molecular flexibility index (Phi) is 4.11. The Morgan fingerprint density at radius 3 is 2.41 bits per heavy atom. The van der Waals surface area contributed by atoms with Gasteiger partial charge in [0, 0.05) is 12.0 Å². The van der Waals surface area contributed by atoms with E-state index in [0.29, 0.717) is 29.7 Å². The topological polar surface area (TPSA) is 29.1 Å². The minimum Gasteiger partial charge on any atom is -0.353 e. The van der Waals surface area contributed by atoms with Crippen molar-refractivity contribution in [3.05, 3.63) is 0 Å². The summed E-state index contributed by atoms with van der Waals surface area (Å²) in [5.41, 5.74) is 0. The zero-order chi connectivity index (χ0) is 12.4. The first-order valence-electron chi connectivity index (χ1n) is 7.38. The van der Waals surface area contributed by atoms with Crippen LogP contribution in [-0.4, -0.2) is 11.9 Å². The Hall–Kier alpha value is -0.530. The summed E-state index contributed by atoms with van der Waals surface area (Å²) in [5.74, 6) is 2.82. The van der Waals surface area contributed by atoms with E-state index < -0.39 is 0 Å². The van der Waals surface area contributed by atoms with Crippen LogP contribution in [-0.2, 0) is 4.79 Å². The van der Waals surface area contributed by atoms with E-state index in [1.54, 1.807) is 0 Å². The van der Waals surface area contributed by atoms with E-state index in [9.17, 15) is 4.79 Å². The van der Waals surface area contributed by atoms with Crippen molar-refractivity contribution >= 4 is 5.91 Å². The molecule has 0 aromatic heterocycles. The van der Waals surface area contributed by atoms with Crippen molar-refractivity contribution < 1.29 is 4.79 Å². The van der Waals surface area contributed by atoms with Crippen molar-refractivity contribution in [1.29, 1.82) is 0 Å². The van der Waals surface area contributed by atoms with Crippen molar-refractivity contribution in [1.82, 2.24) is 5.32 Å². The number of hydrogen-bond donors (Lipinski definition) is 1. The highest BCUT2D eigenvalue weighted by molar-refractivity contribution is 5.79. The minimum absolute atomic E-state index is 0.333. The van der Waals surface area contributed by atoms with Crippen molar-refractivity contribution in [3.8, 4) is 0 Å². The van der Waals surface area contributed by atoms with Gasteiger partial charge < -0.3 is 5.32 Å². The monoisotopic (exact) mass is 237 g/mol. The van der Waals surface area contributed by atoms with Gasteiger partial charge in [-0.3, -0.25) is 4.79 Å². The van der Waals surface area contributed by atoms with Crippen molar-refractivity contribution in [2.45, 2.75) is 65.3 Å². The lowest BCUT2D eigenvalue weighted by Gasteiger charge is -2.39. The lowest BCUT2D eigenvalue weighted by molar-refractivity contribution is -0.129. The Labute approximate surface area is 106 Å². The number of hydrogen-bond acceptors (Lipinski definition) is 1. The molecule has 0 unspecified atom stereocenters. The summed E-state index contributed by atoms with van der Waals surface area (Å²) in [6.07, 6.45) is 7.27. The normalized spacial score (nSPS) is 34.5. The highest BCUT2D eigenvalue weighted by atomic mass is 16.2. The van der Waals surface area contributed by atoms with E-state index in [1.807, 2.05) is 0 Å². The third-order valence-electron chi connectivity index (χ3n) is 4.83. The van der Waals surface area contributed by atoms with Gasteiger partial charge in [0.15, 0.2) is 0 Å². The first kappa shape index (κ1) is 12.9. The van der Waals surface area contributed by atoms with Crippen molar-refractivity contribution in [2.75, 3.05) is 0 Å². The number of carbonyl (C=O) groups excluding carboxylic acids is 1. The quantitative estimate of drug-likeness (QED) is 0.801. The summed E-state index contributed by atoms with van der Waals surface area (Å²) in [4.78, 5) is 12.1. The summed E-state index contributed by atoms with van der Waals surface area (Å²) >= 11 is 0. The molecule has 2 aliphatic rings. The van der Waals surface area contributed by atoms with Gasteiger partial charge in [-0.25, -0.2) is 0 Å². The number of rotatable bonds is 3. The molecule has 1 amide bonds. The van der Waals surface area contributed by atoms with Gasteiger partial charge in [-0.2, -0.15) is 0 Å². The molecule has 2 rings (SSSR count). The Bertz CT molecular complexity index is 270. The summed E-state index contributed by atoms with van der Waals surface area (Å²) in [6.45, 7) is 6.91. The first-order valence-corrected chi connectivity index (χ1v) is 7.38. The number of amides is 1. The second kappa shape index (κ2) is 5.41. The SMILES string of the molecule is CC(C)[C@H]1CC[C@H](C)C[C@@H]1NC(=O)C1CCC1. The lowest BCUT2D eigenvalue weighted by atomic mass is 9.73. The molecule has 17 heavy (non-hydrogen) atoms. The molecule has 0 spiro atoms. The van der Waals surface area contributed by atoms with E-state index in [4.69, 9.17) is 0 Å². The zero-order valence-corrected chi connectivity index (χ0v) is 11.5. The predicted molar refractivity (Wildman–Crippen MR) is 70.6 cm³/mol. The largest absolute Gasteiger partial charge is 0.353 e. The highest BCUT2D eigenvalue weighted by Crippen LogP contribution is 2.34. The fraction of sp³-hybridized carbons (Fsp3) is 0.933.